The van der Waals surface area contributed by atoms with E-state index in [0.717, 1.165) is 5.56 Å². The maximum absolute atomic E-state index is 12.4. The zero-order valence-corrected chi connectivity index (χ0v) is 10.6. The fraction of sp³-hybridized carbons (Fsp3) is 0.455. The van der Waals surface area contributed by atoms with Crippen molar-refractivity contribution in [3.8, 4) is 11.5 Å². The Hall–Kier alpha value is -1.99. The monoisotopic (exact) mass is 271 g/mol. The predicted octanol–water partition coefficient (Wildman–Crippen LogP) is 2.51. The molecule has 5 nitrogen and oxygen atoms in total. The second-order valence-corrected chi connectivity index (χ2v) is 5.05. The Morgan fingerprint density at radius 3 is 2.37 bits per heavy atom. The molecule has 102 valence electrons. The first-order chi connectivity index (χ1) is 8.68. The van der Waals surface area contributed by atoms with Crippen LogP contribution in [0.2, 0.25) is 0 Å². The summed E-state index contributed by atoms with van der Waals surface area (Å²) in [5.74, 6) is -0.150. The van der Waals surface area contributed by atoms with Crippen molar-refractivity contribution in [2.45, 2.75) is 32.5 Å². The SMILES string of the molecule is CC(C)(C)c1ccnc(-c2nnn(C(F)(F)F)n2)c1. The van der Waals surface area contributed by atoms with E-state index in [1.165, 1.54) is 6.20 Å². The van der Waals surface area contributed by atoms with Crippen LogP contribution in [0, 0.1) is 0 Å². The van der Waals surface area contributed by atoms with Crippen LogP contribution in [0.1, 0.15) is 26.3 Å². The molecule has 0 N–H and O–H groups in total. The molecule has 2 heterocycles. The Morgan fingerprint density at radius 1 is 1.16 bits per heavy atom. The van der Waals surface area contributed by atoms with E-state index in [1.807, 2.05) is 20.8 Å². The van der Waals surface area contributed by atoms with E-state index in [9.17, 15) is 13.2 Å². The van der Waals surface area contributed by atoms with Gasteiger partial charge in [0.1, 0.15) is 5.69 Å². The van der Waals surface area contributed by atoms with Gasteiger partial charge in [-0.15, -0.1) is 23.4 Å². The summed E-state index contributed by atoms with van der Waals surface area (Å²) in [4.78, 5) is 3.59. The number of tetrazole rings is 1. The molecule has 0 aliphatic rings. The molecule has 0 amide bonds. The molecule has 0 unspecified atom stereocenters. The summed E-state index contributed by atoms with van der Waals surface area (Å²) >= 11 is 0. The summed E-state index contributed by atoms with van der Waals surface area (Å²) in [5, 5.41) is 9.62. The molecule has 0 bridgehead atoms. The maximum atomic E-state index is 12.4. The number of hydrogen-bond acceptors (Lipinski definition) is 4. The van der Waals surface area contributed by atoms with Gasteiger partial charge in [-0.3, -0.25) is 4.98 Å². The predicted molar refractivity (Wildman–Crippen MR) is 61.0 cm³/mol. The van der Waals surface area contributed by atoms with Crippen LogP contribution in [0.5, 0.6) is 0 Å². The number of rotatable bonds is 1. The van der Waals surface area contributed by atoms with Gasteiger partial charge in [-0.25, -0.2) is 0 Å². The summed E-state index contributed by atoms with van der Waals surface area (Å²) in [6.07, 6.45) is -3.16. The van der Waals surface area contributed by atoms with Gasteiger partial charge in [0, 0.05) is 6.20 Å². The normalized spacial score (nSPS) is 12.7. The highest BCUT2D eigenvalue weighted by atomic mass is 19.4. The van der Waals surface area contributed by atoms with Gasteiger partial charge < -0.3 is 0 Å². The first-order valence-electron chi connectivity index (χ1n) is 5.52. The molecule has 2 aromatic rings. The average Bonchev–Trinajstić information content (AvgIpc) is 2.77. The third-order valence-corrected chi connectivity index (χ3v) is 2.50. The molecule has 19 heavy (non-hydrogen) atoms. The van der Waals surface area contributed by atoms with Crippen molar-refractivity contribution >= 4 is 0 Å². The molecule has 0 saturated heterocycles. The van der Waals surface area contributed by atoms with E-state index in [4.69, 9.17) is 0 Å². The Kier molecular flexibility index (Phi) is 3.03. The lowest BCUT2D eigenvalue weighted by molar-refractivity contribution is -0.222. The second-order valence-electron chi connectivity index (χ2n) is 5.05. The van der Waals surface area contributed by atoms with Crippen molar-refractivity contribution in [2.75, 3.05) is 0 Å². The minimum atomic E-state index is -4.67. The third-order valence-electron chi connectivity index (χ3n) is 2.50. The molecule has 0 spiro atoms. The van der Waals surface area contributed by atoms with E-state index in [2.05, 4.69) is 20.4 Å². The van der Waals surface area contributed by atoms with Crippen LogP contribution < -0.4 is 0 Å². The molecule has 0 aliphatic heterocycles. The van der Waals surface area contributed by atoms with Crippen LogP contribution in [-0.4, -0.2) is 25.2 Å². The number of alkyl halides is 3. The van der Waals surface area contributed by atoms with Crippen LogP contribution in [0.15, 0.2) is 18.3 Å². The number of nitrogens with zero attached hydrogens (tertiary/aromatic N) is 5. The van der Waals surface area contributed by atoms with Crippen molar-refractivity contribution in [1.29, 1.82) is 0 Å². The van der Waals surface area contributed by atoms with Gasteiger partial charge in [0.15, 0.2) is 0 Å². The smallest absolute Gasteiger partial charge is 0.253 e. The fourth-order valence-corrected chi connectivity index (χ4v) is 1.44. The molecular formula is C11H12F3N5. The molecule has 8 heteroatoms. The Labute approximate surface area is 107 Å². The molecule has 0 aromatic carbocycles. The van der Waals surface area contributed by atoms with E-state index in [0.29, 0.717) is 0 Å². The van der Waals surface area contributed by atoms with E-state index >= 15 is 0 Å². The van der Waals surface area contributed by atoms with Gasteiger partial charge in [0.05, 0.1) is 0 Å². The zero-order valence-electron chi connectivity index (χ0n) is 10.6. The average molecular weight is 271 g/mol. The number of pyridine rings is 1. The molecular weight excluding hydrogens is 259 g/mol. The van der Waals surface area contributed by atoms with Crippen LogP contribution in [0.25, 0.3) is 11.5 Å². The number of halogens is 3. The Morgan fingerprint density at radius 2 is 1.84 bits per heavy atom. The quantitative estimate of drug-likeness (QED) is 0.799. The molecule has 0 atom stereocenters. The van der Waals surface area contributed by atoms with Crippen molar-refractivity contribution in [3.05, 3.63) is 23.9 Å². The Balaban J connectivity index is 2.40. The first-order valence-corrected chi connectivity index (χ1v) is 5.52. The minimum absolute atomic E-state index is 0.141. The van der Waals surface area contributed by atoms with Gasteiger partial charge in [-0.2, -0.15) is 0 Å². The fourth-order valence-electron chi connectivity index (χ4n) is 1.44. The zero-order chi connectivity index (χ0) is 14.3. The summed E-state index contributed by atoms with van der Waals surface area (Å²) in [6, 6.07) is 3.47. The summed E-state index contributed by atoms with van der Waals surface area (Å²) < 4.78 is 37.1. The number of hydrogen-bond donors (Lipinski definition) is 0. The summed E-state index contributed by atoms with van der Waals surface area (Å²) in [7, 11) is 0. The van der Waals surface area contributed by atoms with Crippen LogP contribution in [0.4, 0.5) is 13.2 Å². The molecule has 0 fully saturated rings. The van der Waals surface area contributed by atoms with Gasteiger partial charge in [-0.05, 0) is 28.3 Å². The third kappa shape index (κ3) is 2.88. The van der Waals surface area contributed by atoms with Crippen molar-refractivity contribution in [3.63, 3.8) is 0 Å². The standard InChI is InChI=1S/C11H12F3N5/c1-10(2,3)7-4-5-15-8(6-7)9-16-18-19(17-9)11(12,13)14/h4-6H,1-3H3. The second kappa shape index (κ2) is 4.29. The molecule has 2 aromatic heterocycles. The van der Waals surface area contributed by atoms with E-state index in [-0.39, 0.29) is 21.7 Å². The number of aromatic nitrogens is 5. The van der Waals surface area contributed by atoms with Crippen molar-refractivity contribution < 1.29 is 13.2 Å². The van der Waals surface area contributed by atoms with Crippen molar-refractivity contribution in [2.24, 2.45) is 0 Å². The highest BCUT2D eigenvalue weighted by molar-refractivity contribution is 5.49. The molecule has 0 aliphatic carbocycles. The van der Waals surface area contributed by atoms with Crippen LogP contribution >= 0.6 is 0 Å². The highest BCUT2D eigenvalue weighted by Crippen LogP contribution is 2.25. The van der Waals surface area contributed by atoms with Gasteiger partial charge in [0.2, 0.25) is 5.82 Å². The van der Waals surface area contributed by atoms with Crippen LogP contribution in [-0.2, 0) is 11.7 Å². The van der Waals surface area contributed by atoms with E-state index < -0.39 is 6.30 Å². The lowest BCUT2D eigenvalue weighted by atomic mass is 9.87. The van der Waals surface area contributed by atoms with Gasteiger partial charge >= 0.3 is 6.30 Å². The largest absolute Gasteiger partial charge is 0.522 e. The lowest BCUT2D eigenvalue weighted by Gasteiger charge is -2.18. The Bertz CT molecular complexity index is 583. The van der Waals surface area contributed by atoms with E-state index in [1.54, 1.807) is 12.1 Å². The first kappa shape index (κ1) is 13.4. The lowest BCUT2D eigenvalue weighted by Crippen LogP contribution is -2.19. The minimum Gasteiger partial charge on any atom is -0.253 e. The van der Waals surface area contributed by atoms with Gasteiger partial charge in [-0.1, -0.05) is 25.6 Å². The maximum Gasteiger partial charge on any atom is 0.522 e. The topological polar surface area (TPSA) is 56.5 Å². The van der Waals surface area contributed by atoms with Crippen LogP contribution in [0.3, 0.4) is 0 Å². The van der Waals surface area contributed by atoms with Crippen molar-refractivity contribution in [1.82, 2.24) is 25.2 Å². The highest BCUT2D eigenvalue weighted by Gasteiger charge is 2.34. The molecule has 2 rings (SSSR count). The molecule has 0 saturated carbocycles. The molecule has 0 radical (unpaired) electrons. The summed E-state index contributed by atoms with van der Waals surface area (Å²) in [5.41, 5.74) is 1.06. The summed E-state index contributed by atoms with van der Waals surface area (Å²) in [6.45, 7) is 5.98. The van der Waals surface area contributed by atoms with Gasteiger partial charge in [0.25, 0.3) is 0 Å².